The number of amides is 4. The van der Waals surface area contributed by atoms with Crippen LogP contribution >= 0.6 is 0 Å². The molecule has 0 spiro atoms. The van der Waals surface area contributed by atoms with Gasteiger partial charge in [-0.25, -0.2) is 0 Å². The second-order valence-electron chi connectivity index (χ2n) is 7.09. The normalized spacial score (nSPS) is 24.5. The zero-order chi connectivity index (χ0) is 17.6. The van der Waals surface area contributed by atoms with Crippen molar-refractivity contribution in [1.29, 1.82) is 0 Å². The number of hydrogen-bond donors (Lipinski definition) is 1. The van der Waals surface area contributed by atoms with Crippen molar-refractivity contribution in [3.05, 3.63) is 34.9 Å². The standard InChI is InChI=1S/C19H20N2O4/c22-16-9-8-15(17(23)20-16)21-18(24)13-7-6-12(10-14(13)19(21)25)11-4-2-1-3-5-11/h6-7,10-11,15H,1-5,8-9H2,(H,20,22,23). The zero-order valence-corrected chi connectivity index (χ0v) is 13.9. The van der Waals surface area contributed by atoms with Crippen LogP contribution < -0.4 is 5.32 Å². The molecule has 1 aliphatic carbocycles. The first-order chi connectivity index (χ1) is 12.1. The molecular formula is C19H20N2O4. The molecule has 4 amide bonds. The van der Waals surface area contributed by atoms with Crippen molar-refractivity contribution < 1.29 is 19.2 Å². The monoisotopic (exact) mass is 340 g/mol. The summed E-state index contributed by atoms with van der Waals surface area (Å²) in [6, 6.07) is 4.58. The molecular weight excluding hydrogens is 320 g/mol. The number of hydrogen-bond acceptors (Lipinski definition) is 4. The first kappa shape index (κ1) is 16.0. The molecule has 0 aromatic heterocycles. The van der Waals surface area contributed by atoms with Gasteiger partial charge in [-0.15, -0.1) is 0 Å². The molecule has 1 N–H and O–H groups in total. The number of nitrogens with zero attached hydrogens (tertiary/aromatic N) is 1. The molecule has 6 nitrogen and oxygen atoms in total. The predicted molar refractivity (Wildman–Crippen MR) is 88.9 cm³/mol. The number of piperidine rings is 1. The van der Waals surface area contributed by atoms with Gasteiger partial charge in [0.15, 0.2) is 0 Å². The zero-order valence-electron chi connectivity index (χ0n) is 13.9. The average molecular weight is 340 g/mol. The summed E-state index contributed by atoms with van der Waals surface area (Å²) >= 11 is 0. The van der Waals surface area contributed by atoms with E-state index in [-0.39, 0.29) is 18.7 Å². The minimum Gasteiger partial charge on any atom is -0.295 e. The third kappa shape index (κ3) is 2.65. The van der Waals surface area contributed by atoms with E-state index in [1.807, 2.05) is 12.1 Å². The fourth-order valence-corrected chi connectivity index (χ4v) is 4.18. The van der Waals surface area contributed by atoms with Crippen LogP contribution in [0.2, 0.25) is 0 Å². The highest BCUT2D eigenvalue weighted by atomic mass is 16.2. The summed E-state index contributed by atoms with van der Waals surface area (Å²) in [6.07, 6.45) is 6.18. The van der Waals surface area contributed by atoms with Gasteiger partial charge in [0.05, 0.1) is 11.1 Å². The third-order valence-corrected chi connectivity index (χ3v) is 5.54. The molecule has 130 valence electrons. The molecule has 0 radical (unpaired) electrons. The van der Waals surface area contributed by atoms with E-state index < -0.39 is 23.8 Å². The van der Waals surface area contributed by atoms with Gasteiger partial charge in [-0.3, -0.25) is 29.4 Å². The van der Waals surface area contributed by atoms with E-state index in [0.29, 0.717) is 17.0 Å². The molecule has 1 aromatic carbocycles. The maximum Gasteiger partial charge on any atom is 0.262 e. The summed E-state index contributed by atoms with van der Waals surface area (Å²) in [5.41, 5.74) is 1.84. The number of nitrogens with one attached hydrogen (secondary N) is 1. The number of rotatable bonds is 2. The van der Waals surface area contributed by atoms with Gasteiger partial charge in [0.25, 0.3) is 11.8 Å². The van der Waals surface area contributed by atoms with Crippen LogP contribution in [0.5, 0.6) is 0 Å². The Bertz CT molecular complexity index is 780. The van der Waals surface area contributed by atoms with Crippen LogP contribution in [0.4, 0.5) is 0 Å². The molecule has 1 atom stereocenters. The molecule has 4 rings (SSSR count). The van der Waals surface area contributed by atoms with Crippen LogP contribution in [0.3, 0.4) is 0 Å². The minimum absolute atomic E-state index is 0.136. The lowest BCUT2D eigenvalue weighted by molar-refractivity contribution is -0.136. The molecule has 1 unspecified atom stereocenters. The van der Waals surface area contributed by atoms with Crippen molar-refractivity contribution >= 4 is 23.6 Å². The van der Waals surface area contributed by atoms with Gasteiger partial charge in [-0.1, -0.05) is 25.3 Å². The van der Waals surface area contributed by atoms with E-state index in [4.69, 9.17) is 0 Å². The Balaban J connectivity index is 1.63. The van der Waals surface area contributed by atoms with Gasteiger partial charge in [0.1, 0.15) is 6.04 Å². The first-order valence-electron chi connectivity index (χ1n) is 8.92. The van der Waals surface area contributed by atoms with Crippen LogP contribution in [0.25, 0.3) is 0 Å². The van der Waals surface area contributed by atoms with Crippen LogP contribution in [-0.2, 0) is 9.59 Å². The van der Waals surface area contributed by atoms with Crippen LogP contribution in [-0.4, -0.2) is 34.6 Å². The van der Waals surface area contributed by atoms with E-state index in [9.17, 15) is 19.2 Å². The average Bonchev–Trinajstić information content (AvgIpc) is 2.87. The van der Waals surface area contributed by atoms with E-state index in [2.05, 4.69) is 5.32 Å². The number of carbonyl (C=O) groups excluding carboxylic acids is 4. The van der Waals surface area contributed by atoms with Crippen molar-refractivity contribution in [2.24, 2.45) is 0 Å². The SMILES string of the molecule is O=C1CCC(N2C(=O)c3ccc(C4CCCCC4)cc3C2=O)C(=O)N1. The van der Waals surface area contributed by atoms with Crippen molar-refractivity contribution in [1.82, 2.24) is 10.2 Å². The van der Waals surface area contributed by atoms with Gasteiger partial charge in [-0.05, 0) is 42.9 Å². The third-order valence-electron chi connectivity index (χ3n) is 5.54. The lowest BCUT2D eigenvalue weighted by Crippen LogP contribution is -2.54. The van der Waals surface area contributed by atoms with Gasteiger partial charge in [0, 0.05) is 6.42 Å². The maximum absolute atomic E-state index is 12.8. The summed E-state index contributed by atoms with van der Waals surface area (Å²) in [6.45, 7) is 0. The number of carbonyl (C=O) groups is 4. The molecule has 1 saturated carbocycles. The minimum atomic E-state index is -0.900. The largest absolute Gasteiger partial charge is 0.295 e. The summed E-state index contributed by atoms with van der Waals surface area (Å²) in [7, 11) is 0. The van der Waals surface area contributed by atoms with E-state index in [1.54, 1.807) is 6.07 Å². The van der Waals surface area contributed by atoms with Crippen LogP contribution in [0, 0.1) is 0 Å². The first-order valence-corrected chi connectivity index (χ1v) is 8.92. The van der Waals surface area contributed by atoms with Crippen LogP contribution in [0.15, 0.2) is 18.2 Å². The Kier molecular flexibility index (Phi) is 3.90. The molecule has 2 fully saturated rings. The molecule has 25 heavy (non-hydrogen) atoms. The number of imide groups is 2. The summed E-state index contributed by atoms with van der Waals surface area (Å²) in [5.74, 6) is -1.36. The molecule has 2 aliphatic heterocycles. The van der Waals surface area contributed by atoms with Gasteiger partial charge < -0.3 is 0 Å². The Morgan fingerprint density at radius 2 is 1.60 bits per heavy atom. The molecule has 0 bridgehead atoms. The van der Waals surface area contributed by atoms with Gasteiger partial charge >= 0.3 is 0 Å². The Hall–Kier alpha value is -2.50. The van der Waals surface area contributed by atoms with Crippen molar-refractivity contribution in [2.45, 2.75) is 56.9 Å². The molecule has 6 heteroatoms. The lowest BCUT2D eigenvalue weighted by atomic mass is 9.83. The number of fused-ring (bicyclic) bond motifs is 1. The Labute approximate surface area is 145 Å². The molecule has 1 saturated heterocycles. The smallest absolute Gasteiger partial charge is 0.262 e. The molecule has 2 heterocycles. The Morgan fingerprint density at radius 3 is 2.32 bits per heavy atom. The van der Waals surface area contributed by atoms with E-state index in [1.165, 1.54) is 19.3 Å². The quantitative estimate of drug-likeness (QED) is 0.836. The van der Waals surface area contributed by atoms with E-state index in [0.717, 1.165) is 23.3 Å². The Morgan fingerprint density at radius 1 is 0.880 bits per heavy atom. The van der Waals surface area contributed by atoms with Crippen LogP contribution in [0.1, 0.15) is 77.1 Å². The number of benzene rings is 1. The highest BCUT2D eigenvalue weighted by Crippen LogP contribution is 2.35. The summed E-state index contributed by atoms with van der Waals surface area (Å²) < 4.78 is 0. The predicted octanol–water partition coefficient (Wildman–Crippen LogP) is 2.14. The van der Waals surface area contributed by atoms with Gasteiger partial charge in [0.2, 0.25) is 11.8 Å². The van der Waals surface area contributed by atoms with E-state index >= 15 is 0 Å². The second-order valence-corrected chi connectivity index (χ2v) is 7.09. The topological polar surface area (TPSA) is 83.6 Å². The highest BCUT2D eigenvalue weighted by molar-refractivity contribution is 6.23. The molecule has 1 aromatic rings. The molecule has 3 aliphatic rings. The summed E-state index contributed by atoms with van der Waals surface area (Å²) in [4.78, 5) is 49.9. The summed E-state index contributed by atoms with van der Waals surface area (Å²) in [5, 5.41) is 2.21. The highest BCUT2D eigenvalue weighted by Gasteiger charge is 2.44. The van der Waals surface area contributed by atoms with Gasteiger partial charge in [-0.2, -0.15) is 0 Å². The maximum atomic E-state index is 12.8. The fourth-order valence-electron chi connectivity index (χ4n) is 4.18. The van der Waals surface area contributed by atoms with Crippen molar-refractivity contribution in [3.63, 3.8) is 0 Å². The second kappa shape index (κ2) is 6.10. The van der Waals surface area contributed by atoms with Crippen molar-refractivity contribution in [2.75, 3.05) is 0 Å². The van der Waals surface area contributed by atoms with Crippen molar-refractivity contribution in [3.8, 4) is 0 Å². The lowest BCUT2D eigenvalue weighted by Gasteiger charge is -2.27. The fraction of sp³-hybridized carbons (Fsp3) is 0.474.